The van der Waals surface area contributed by atoms with Crippen molar-refractivity contribution in [1.29, 1.82) is 5.41 Å². The number of benzene rings is 2. The Morgan fingerprint density at radius 1 is 1.03 bits per heavy atom. The Morgan fingerprint density at radius 3 is 2.56 bits per heavy atom. The third-order valence-corrected chi connectivity index (χ3v) is 6.87. The number of amides is 1. The van der Waals surface area contributed by atoms with Crippen molar-refractivity contribution in [2.75, 3.05) is 20.8 Å². The quantitative estimate of drug-likeness (QED) is 0.289. The lowest BCUT2D eigenvalue weighted by molar-refractivity contribution is 0.0951. The second kappa shape index (κ2) is 11.0. The van der Waals surface area contributed by atoms with Crippen LogP contribution in [0.15, 0.2) is 77.7 Å². The molecule has 9 nitrogen and oxygen atoms in total. The third kappa shape index (κ3) is 5.08. The zero-order valence-electron chi connectivity index (χ0n) is 21.4. The second-order valence-corrected chi connectivity index (χ2v) is 9.27. The van der Waals surface area contributed by atoms with E-state index in [0.29, 0.717) is 40.8 Å². The van der Waals surface area contributed by atoms with E-state index in [1.54, 1.807) is 49.2 Å². The highest BCUT2D eigenvalue weighted by Gasteiger charge is 2.18. The number of pyridine rings is 2. The molecule has 198 valence electrons. The summed E-state index contributed by atoms with van der Waals surface area (Å²) in [4.78, 5) is 31.4. The fraction of sp³-hybridized carbons (Fsp3) is 0.172. The fourth-order valence-electron chi connectivity index (χ4n) is 4.46. The molecular weight excluding hydrogens is 518 g/mol. The van der Waals surface area contributed by atoms with Crippen LogP contribution < -0.4 is 25.8 Å². The van der Waals surface area contributed by atoms with E-state index in [-0.39, 0.29) is 28.5 Å². The summed E-state index contributed by atoms with van der Waals surface area (Å²) >= 11 is 6.42. The summed E-state index contributed by atoms with van der Waals surface area (Å²) < 4.78 is 13.6. The summed E-state index contributed by atoms with van der Waals surface area (Å²) in [6.07, 6.45) is 2.15. The van der Waals surface area contributed by atoms with Gasteiger partial charge in [-0.05, 0) is 53.9 Å². The number of carbonyl (C=O) groups is 1. The summed E-state index contributed by atoms with van der Waals surface area (Å²) in [7, 11) is 3.14. The topological polar surface area (TPSA) is 111 Å². The number of rotatable bonds is 8. The van der Waals surface area contributed by atoms with Crippen molar-refractivity contribution >= 4 is 34.2 Å². The summed E-state index contributed by atoms with van der Waals surface area (Å²) in [5.41, 5.74) is 2.09. The molecule has 2 N–H and O–H groups in total. The van der Waals surface area contributed by atoms with Crippen LogP contribution in [0.25, 0.3) is 16.7 Å². The molecule has 10 heteroatoms. The largest absolute Gasteiger partial charge is 0.493 e. The average Bonchev–Trinajstić information content (AvgIpc) is 2.95. The normalized spacial score (nSPS) is 11.1. The maximum atomic E-state index is 13.4. The lowest BCUT2D eigenvalue weighted by Crippen LogP contribution is -2.36. The van der Waals surface area contributed by atoms with Crippen molar-refractivity contribution in [2.45, 2.75) is 13.0 Å². The Kier molecular flexibility index (Phi) is 7.33. The van der Waals surface area contributed by atoms with Crippen LogP contribution >= 0.6 is 11.6 Å². The van der Waals surface area contributed by atoms with Crippen LogP contribution in [-0.4, -0.2) is 40.6 Å². The van der Waals surface area contributed by atoms with E-state index in [4.69, 9.17) is 26.5 Å². The van der Waals surface area contributed by atoms with Crippen molar-refractivity contribution in [3.05, 3.63) is 110 Å². The van der Waals surface area contributed by atoms with E-state index in [9.17, 15) is 9.59 Å². The number of carbonyl (C=O) groups excluding carboxylic acids is 1. The van der Waals surface area contributed by atoms with Crippen LogP contribution in [0.5, 0.6) is 11.5 Å². The average molecular weight is 544 g/mol. The van der Waals surface area contributed by atoms with Gasteiger partial charge in [0, 0.05) is 17.8 Å². The van der Waals surface area contributed by atoms with Gasteiger partial charge in [0.05, 0.1) is 31.7 Å². The first-order valence-electron chi connectivity index (χ1n) is 12.2. The molecule has 0 saturated carbocycles. The van der Waals surface area contributed by atoms with Gasteiger partial charge in [-0.3, -0.25) is 19.4 Å². The third-order valence-electron chi connectivity index (χ3n) is 6.50. The molecule has 0 atom stereocenters. The molecule has 1 amide bonds. The van der Waals surface area contributed by atoms with Crippen LogP contribution in [0.1, 0.15) is 21.5 Å². The molecule has 0 unspecified atom stereocenters. The first kappa shape index (κ1) is 26.0. The van der Waals surface area contributed by atoms with Crippen molar-refractivity contribution in [2.24, 2.45) is 0 Å². The molecule has 0 aliphatic heterocycles. The number of fused-ring (bicyclic) bond motifs is 2. The maximum absolute atomic E-state index is 13.4. The smallest absolute Gasteiger partial charge is 0.267 e. The summed E-state index contributed by atoms with van der Waals surface area (Å²) in [6, 6.07) is 19.5. The lowest BCUT2D eigenvalue weighted by atomic mass is 10.1. The molecule has 0 aliphatic rings. The molecule has 3 aromatic heterocycles. The van der Waals surface area contributed by atoms with Crippen LogP contribution in [0, 0.1) is 5.41 Å². The Labute approximate surface area is 228 Å². The van der Waals surface area contributed by atoms with E-state index < -0.39 is 5.91 Å². The molecule has 0 bridgehead atoms. The van der Waals surface area contributed by atoms with Crippen LogP contribution in [0.2, 0.25) is 5.02 Å². The molecule has 0 spiro atoms. The van der Waals surface area contributed by atoms with Gasteiger partial charge in [-0.1, -0.05) is 41.9 Å². The highest BCUT2D eigenvalue weighted by Crippen LogP contribution is 2.27. The van der Waals surface area contributed by atoms with E-state index in [1.807, 2.05) is 36.4 Å². The summed E-state index contributed by atoms with van der Waals surface area (Å²) in [5, 5.41) is 12.6. The lowest BCUT2D eigenvalue weighted by Gasteiger charge is -2.15. The first-order valence-corrected chi connectivity index (χ1v) is 12.6. The SMILES string of the molecule is COc1ccc(CCNC(=O)c2cc3c(=O)n4ccccc4nc3n(Cc3ccccc3Cl)c2=N)cc1OC. The molecule has 0 radical (unpaired) electrons. The maximum Gasteiger partial charge on any atom is 0.267 e. The number of nitrogens with one attached hydrogen (secondary N) is 2. The van der Waals surface area contributed by atoms with E-state index >= 15 is 0 Å². The van der Waals surface area contributed by atoms with E-state index in [2.05, 4.69) is 10.3 Å². The molecular formula is C29H26ClN5O4. The number of hydrogen-bond donors (Lipinski definition) is 2. The zero-order chi connectivity index (χ0) is 27.5. The minimum absolute atomic E-state index is 0.0663. The Bertz CT molecular complexity index is 1830. The van der Waals surface area contributed by atoms with Gasteiger partial charge >= 0.3 is 0 Å². The summed E-state index contributed by atoms with van der Waals surface area (Å²) in [6.45, 7) is 0.475. The number of ether oxygens (including phenoxy) is 2. The van der Waals surface area contributed by atoms with Gasteiger partial charge in [-0.25, -0.2) is 4.98 Å². The number of nitrogens with zero attached hydrogens (tertiary/aromatic N) is 3. The van der Waals surface area contributed by atoms with Crippen LogP contribution in [-0.2, 0) is 13.0 Å². The number of methoxy groups -OCH3 is 2. The van der Waals surface area contributed by atoms with Crippen molar-refractivity contribution in [1.82, 2.24) is 19.3 Å². The van der Waals surface area contributed by atoms with Crippen LogP contribution in [0.3, 0.4) is 0 Å². The molecule has 2 aromatic carbocycles. The Balaban J connectivity index is 1.53. The molecule has 3 heterocycles. The minimum atomic E-state index is -0.465. The predicted molar refractivity (Wildman–Crippen MR) is 149 cm³/mol. The summed E-state index contributed by atoms with van der Waals surface area (Å²) in [5.74, 6) is 0.758. The molecule has 0 fully saturated rings. The van der Waals surface area contributed by atoms with Crippen molar-refractivity contribution in [3.8, 4) is 11.5 Å². The van der Waals surface area contributed by atoms with Crippen LogP contribution in [0.4, 0.5) is 0 Å². The van der Waals surface area contributed by atoms with Crippen molar-refractivity contribution < 1.29 is 14.3 Å². The molecule has 5 rings (SSSR count). The number of hydrogen-bond acceptors (Lipinski definition) is 6. The minimum Gasteiger partial charge on any atom is -0.493 e. The van der Waals surface area contributed by atoms with E-state index in [0.717, 1.165) is 11.1 Å². The van der Waals surface area contributed by atoms with Gasteiger partial charge in [0.2, 0.25) is 0 Å². The van der Waals surface area contributed by atoms with Gasteiger partial charge in [0.25, 0.3) is 11.5 Å². The zero-order valence-corrected chi connectivity index (χ0v) is 22.2. The molecule has 0 aliphatic carbocycles. The van der Waals surface area contributed by atoms with Gasteiger partial charge in [0.15, 0.2) is 11.5 Å². The Hall–Kier alpha value is -4.63. The number of aromatic nitrogens is 3. The van der Waals surface area contributed by atoms with Gasteiger partial charge in [0.1, 0.15) is 16.8 Å². The highest BCUT2D eigenvalue weighted by atomic mass is 35.5. The standard InChI is InChI=1S/C29H26ClN5O4/c1-38-23-11-10-18(15-24(23)39-2)12-13-32-28(36)20-16-21-27(33-25-9-5-6-14-34(25)29(21)37)35(26(20)31)17-19-7-3-4-8-22(19)30/h3-11,14-16,31H,12-13,17H2,1-2H3,(H,32,36). The first-order chi connectivity index (χ1) is 18.9. The van der Waals surface area contributed by atoms with Gasteiger partial charge < -0.3 is 19.4 Å². The Morgan fingerprint density at radius 2 is 1.79 bits per heavy atom. The number of halogens is 1. The van der Waals surface area contributed by atoms with Crippen molar-refractivity contribution in [3.63, 3.8) is 0 Å². The van der Waals surface area contributed by atoms with Gasteiger partial charge in [-0.2, -0.15) is 0 Å². The van der Waals surface area contributed by atoms with E-state index in [1.165, 1.54) is 10.5 Å². The molecule has 39 heavy (non-hydrogen) atoms. The predicted octanol–water partition coefficient (Wildman–Crippen LogP) is 3.82. The van der Waals surface area contributed by atoms with Gasteiger partial charge in [-0.15, -0.1) is 0 Å². The fourth-order valence-corrected chi connectivity index (χ4v) is 4.66. The molecule has 5 aromatic rings. The second-order valence-electron chi connectivity index (χ2n) is 8.86. The monoisotopic (exact) mass is 543 g/mol. The highest BCUT2D eigenvalue weighted by molar-refractivity contribution is 6.31. The molecule has 0 saturated heterocycles.